The number of para-hydroxylation sites is 1. The van der Waals surface area contributed by atoms with Crippen LogP contribution in [0.5, 0.6) is 0 Å². The fourth-order valence-electron chi connectivity index (χ4n) is 2.34. The molecule has 112 valence electrons. The maximum atomic E-state index is 14.0. The van der Waals surface area contributed by atoms with Crippen molar-refractivity contribution in [2.24, 2.45) is 0 Å². The highest BCUT2D eigenvalue weighted by atomic mass is 19.1. The van der Waals surface area contributed by atoms with Crippen LogP contribution in [0, 0.1) is 11.6 Å². The van der Waals surface area contributed by atoms with E-state index in [0.29, 0.717) is 30.9 Å². The van der Waals surface area contributed by atoms with Gasteiger partial charge in [-0.25, -0.2) is 8.78 Å². The summed E-state index contributed by atoms with van der Waals surface area (Å²) in [6, 6.07) is 11.6. The first-order valence-electron chi connectivity index (χ1n) is 7.07. The van der Waals surface area contributed by atoms with E-state index >= 15 is 0 Å². The first kappa shape index (κ1) is 15.4. The Bertz CT molecular complexity index is 599. The number of rotatable bonds is 6. The molecule has 0 aliphatic rings. The number of hydrogen-bond donors (Lipinski definition) is 1. The van der Waals surface area contributed by atoms with E-state index in [1.807, 2.05) is 24.9 Å². The third kappa shape index (κ3) is 3.79. The van der Waals surface area contributed by atoms with Gasteiger partial charge < -0.3 is 10.2 Å². The zero-order valence-electron chi connectivity index (χ0n) is 12.4. The summed E-state index contributed by atoms with van der Waals surface area (Å²) in [5.74, 6) is -0.546. The Hall–Kier alpha value is -1.94. The van der Waals surface area contributed by atoms with Crippen molar-refractivity contribution in [2.75, 3.05) is 18.5 Å². The molecular formula is C17H20F2N2. The lowest BCUT2D eigenvalue weighted by Crippen LogP contribution is -2.23. The van der Waals surface area contributed by atoms with Crippen LogP contribution in [-0.4, -0.2) is 13.6 Å². The molecule has 0 atom stereocenters. The van der Waals surface area contributed by atoms with Crippen molar-refractivity contribution in [3.05, 3.63) is 65.2 Å². The minimum absolute atomic E-state index is 0.260. The Morgan fingerprint density at radius 2 is 1.81 bits per heavy atom. The second kappa shape index (κ2) is 7.18. The average molecular weight is 290 g/mol. The van der Waals surface area contributed by atoms with Gasteiger partial charge in [0.05, 0.1) is 5.69 Å². The molecule has 0 radical (unpaired) electrons. The van der Waals surface area contributed by atoms with Gasteiger partial charge in [0.15, 0.2) is 0 Å². The van der Waals surface area contributed by atoms with Crippen molar-refractivity contribution in [1.82, 2.24) is 5.32 Å². The number of halogens is 2. The minimum Gasteiger partial charge on any atom is -0.365 e. The standard InChI is InChI=1S/C17H20F2N2/c1-3-21(17-7-5-4-6-16(17)19)12-14-10-13(11-20-2)8-9-15(14)18/h4-10,20H,3,11-12H2,1-2H3. The molecule has 0 aliphatic carbocycles. The molecule has 2 aromatic rings. The van der Waals surface area contributed by atoms with Gasteiger partial charge in [-0.1, -0.05) is 18.2 Å². The maximum absolute atomic E-state index is 14.0. The van der Waals surface area contributed by atoms with Gasteiger partial charge >= 0.3 is 0 Å². The molecule has 2 nitrogen and oxygen atoms in total. The predicted octanol–water partition coefficient (Wildman–Crippen LogP) is 3.71. The highest BCUT2D eigenvalue weighted by Crippen LogP contribution is 2.22. The summed E-state index contributed by atoms with van der Waals surface area (Å²) in [6.07, 6.45) is 0. The molecule has 0 fully saturated rings. The fourth-order valence-corrected chi connectivity index (χ4v) is 2.34. The van der Waals surface area contributed by atoms with Crippen LogP contribution in [0.2, 0.25) is 0 Å². The topological polar surface area (TPSA) is 15.3 Å². The fraction of sp³-hybridized carbons (Fsp3) is 0.294. The Labute approximate surface area is 124 Å². The molecule has 0 aliphatic heterocycles. The van der Waals surface area contributed by atoms with Crippen LogP contribution in [0.4, 0.5) is 14.5 Å². The zero-order chi connectivity index (χ0) is 15.2. The van der Waals surface area contributed by atoms with Crippen molar-refractivity contribution in [2.45, 2.75) is 20.0 Å². The van der Waals surface area contributed by atoms with Crippen molar-refractivity contribution in [3.8, 4) is 0 Å². The van der Waals surface area contributed by atoms with Gasteiger partial charge in [0, 0.05) is 25.2 Å². The van der Waals surface area contributed by atoms with E-state index < -0.39 is 0 Å². The number of hydrogen-bond acceptors (Lipinski definition) is 2. The molecule has 0 bridgehead atoms. The first-order chi connectivity index (χ1) is 10.2. The van der Waals surface area contributed by atoms with E-state index in [9.17, 15) is 8.78 Å². The van der Waals surface area contributed by atoms with Crippen LogP contribution in [0.1, 0.15) is 18.1 Å². The summed E-state index contributed by atoms with van der Waals surface area (Å²) < 4.78 is 27.9. The third-order valence-corrected chi connectivity index (χ3v) is 3.43. The van der Waals surface area contributed by atoms with Gasteiger partial charge in [-0.05, 0) is 43.8 Å². The second-order valence-corrected chi connectivity index (χ2v) is 4.92. The SMILES string of the molecule is CCN(Cc1cc(CNC)ccc1F)c1ccccc1F. The second-order valence-electron chi connectivity index (χ2n) is 4.92. The van der Waals surface area contributed by atoms with Gasteiger partial charge in [-0.2, -0.15) is 0 Å². The lowest BCUT2D eigenvalue weighted by atomic mass is 10.1. The summed E-state index contributed by atoms with van der Waals surface area (Å²) >= 11 is 0. The average Bonchev–Trinajstić information content (AvgIpc) is 2.49. The Balaban J connectivity index is 2.26. The third-order valence-electron chi connectivity index (χ3n) is 3.43. The molecule has 0 saturated carbocycles. The monoisotopic (exact) mass is 290 g/mol. The van der Waals surface area contributed by atoms with Crippen LogP contribution < -0.4 is 10.2 Å². The molecule has 0 unspecified atom stereocenters. The van der Waals surface area contributed by atoms with Crippen molar-refractivity contribution in [1.29, 1.82) is 0 Å². The number of nitrogens with one attached hydrogen (secondary N) is 1. The highest BCUT2D eigenvalue weighted by molar-refractivity contribution is 5.48. The van der Waals surface area contributed by atoms with Crippen molar-refractivity contribution < 1.29 is 8.78 Å². The highest BCUT2D eigenvalue weighted by Gasteiger charge is 2.12. The Kier molecular flexibility index (Phi) is 5.28. The van der Waals surface area contributed by atoms with Crippen LogP contribution in [-0.2, 0) is 13.1 Å². The molecule has 1 N–H and O–H groups in total. The van der Waals surface area contributed by atoms with E-state index in [4.69, 9.17) is 0 Å². The molecular weight excluding hydrogens is 270 g/mol. The van der Waals surface area contributed by atoms with E-state index in [-0.39, 0.29) is 11.6 Å². The molecule has 21 heavy (non-hydrogen) atoms. The van der Waals surface area contributed by atoms with Gasteiger partial charge in [0.1, 0.15) is 11.6 Å². The van der Waals surface area contributed by atoms with E-state index in [1.165, 1.54) is 12.1 Å². The Morgan fingerprint density at radius 1 is 1.05 bits per heavy atom. The maximum Gasteiger partial charge on any atom is 0.146 e. The van der Waals surface area contributed by atoms with Crippen molar-refractivity contribution >= 4 is 5.69 Å². The summed E-state index contributed by atoms with van der Waals surface area (Å²) in [5, 5.41) is 3.04. The van der Waals surface area contributed by atoms with E-state index in [1.54, 1.807) is 24.3 Å². The number of nitrogens with zero attached hydrogens (tertiary/aromatic N) is 1. The quantitative estimate of drug-likeness (QED) is 0.872. The van der Waals surface area contributed by atoms with Crippen LogP contribution >= 0.6 is 0 Å². The number of benzene rings is 2. The molecule has 0 amide bonds. The molecule has 2 aromatic carbocycles. The molecule has 0 saturated heterocycles. The molecule has 4 heteroatoms. The zero-order valence-corrected chi connectivity index (χ0v) is 12.4. The number of anilines is 1. The van der Waals surface area contributed by atoms with Crippen molar-refractivity contribution in [3.63, 3.8) is 0 Å². The molecule has 0 spiro atoms. The van der Waals surface area contributed by atoms with Crippen LogP contribution in [0.25, 0.3) is 0 Å². The Morgan fingerprint density at radius 3 is 2.48 bits per heavy atom. The lowest BCUT2D eigenvalue weighted by Gasteiger charge is -2.24. The predicted molar refractivity (Wildman–Crippen MR) is 82.3 cm³/mol. The van der Waals surface area contributed by atoms with Gasteiger partial charge in [0.2, 0.25) is 0 Å². The minimum atomic E-state index is -0.286. The normalized spacial score (nSPS) is 10.7. The van der Waals surface area contributed by atoms with Gasteiger partial charge in [-0.15, -0.1) is 0 Å². The summed E-state index contributed by atoms with van der Waals surface area (Å²) in [5.41, 5.74) is 2.09. The largest absolute Gasteiger partial charge is 0.365 e. The molecule has 0 heterocycles. The van der Waals surface area contributed by atoms with Crippen LogP contribution in [0.15, 0.2) is 42.5 Å². The van der Waals surface area contributed by atoms with Gasteiger partial charge in [-0.3, -0.25) is 0 Å². The summed E-state index contributed by atoms with van der Waals surface area (Å²) in [7, 11) is 1.85. The van der Waals surface area contributed by atoms with Crippen LogP contribution in [0.3, 0.4) is 0 Å². The first-order valence-corrected chi connectivity index (χ1v) is 7.07. The molecule has 2 rings (SSSR count). The molecule has 0 aromatic heterocycles. The summed E-state index contributed by atoms with van der Waals surface area (Å²) in [6.45, 7) is 3.57. The summed E-state index contributed by atoms with van der Waals surface area (Å²) in [4.78, 5) is 1.83. The lowest BCUT2D eigenvalue weighted by molar-refractivity contribution is 0.594. The smallest absolute Gasteiger partial charge is 0.146 e. The van der Waals surface area contributed by atoms with Gasteiger partial charge in [0.25, 0.3) is 0 Å². The van der Waals surface area contributed by atoms with E-state index in [0.717, 1.165) is 5.56 Å². The van der Waals surface area contributed by atoms with E-state index in [2.05, 4.69) is 5.32 Å².